The van der Waals surface area contributed by atoms with Crippen molar-refractivity contribution in [2.45, 2.75) is 238 Å². The van der Waals surface area contributed by atoms with Crippen LogP contribution in [0.1, 0.15) is 213 Å². The third-order valence-corrected chi connectivity index (χ3v) is 12.1. The lowest BCUT2D eigenvalue weighted by Gasteiger charge is -2.20. The Balaban J connectivity index is 2.22. The normalized spacial score (nSPS) is 17.3. The summed E-state index contributed by atoms with van der Waals surface area (Å²) in [5, 5.41) is 18.4. The number of carbonyl (C=O) groups excluding carboxylic acids is 2. The highest BCUT2D eigenvalue weighted by Crippen LogP contribution is 2.43. The number of unbranched alkanes of at least 4 members (excludes halogenated alkanes) is 21. The van der Waals surface area contributed by atoms with Crippen molar-refractivity contribution >= 4 is 19.8 Å². The van der Waals surface area contributed by atoms with Gasteiger partial charge in [0, 0.05) is 12.8 Å². The van der Waals surface area contributed by atoms with E-state index in [9.17, 15) is 24.2 Å². The van der Waals surface area contributed by atoms with Gasteiger partial charge in [-0.2, -0.15) is 0 Å². The minimum atomic E-state index is -4.64. The number of ether oxygens (including phenoxy) is 3. The molecule has 1 heterocycles. The van der Waals surface area contributed by atoms with Crippen LogP contribution in [0.5, 0.6) is 0 Å². The maximum absolute atomic E-state index is 12.7. The van der Waals surface area contributed by atoms with Gasteiger partial charge in [0.15, 0.2) is 6.10 Å². The molecule has 1 rings (SSSR count). The summed E-state index contributed by atoms with van der Waals surface area (Å²) in [6.07, 6.45) is 44.3. The smallest absolute Gasteiger partial charge is 0.462 e. The number of aliphatic hydroxyl groups excluding tert-OH is 2. The summed E-state index contributed by atoms with van der Waals surface area (Å²) in [6, 6.07) is 0. The fourth-order valence-corrected chi connectivity index (χ4v) is 7.94. The van der Waals surface area contributed by atoms with Crippen molar-refractivity contribution in [1.29, 1.82) is 0 Å². The van der Waals surface area contributed by atoms with Crippen molar-refractivity contribution in [3.63, 3.8) is 0 Å². The van der Waals surface area contributed by atoms with Crippen molar-refractivity contribution in [3.05, 3.63) is 36.5 Å². The quantitative estimate of drug-likeness (QED) is 0.0175. The summed E-state index contributed by atoms with van der Waals surface area (Å²) in [4.78, 5) is 35.2. The Labute approximate surface area is 377 Å². The lowest BCUT2D eigenvalue weighted by molar-refractivity contribution is -0.161. The van der Waals surface area contributed by atoms with Crippen molar-refractivity contribution in [2.75, 3.05) is 26.4 Å². The van der Waals surface area contributed by atoms with E-state index in [1.165, 1.54) is 116 Å². The monoisotopic (exact) mass is 899 g/mol. The highest BCUT2D eigenvalue weighted by molar-refractivity contribution is 7.47. The Morgan fingerprint density at radius 3 is 1.66 bits per heavy atom. The molecule has 0 spiro atoms. The molecule has 11 nitrogen and oxygen atoms in total. The fourth-order valence-electron chi connectivity index (χ4n) is 7.15. The number of allylic oxidation sites excluding steroid dienone is 4. The van der Waals surface area contributed by atoms with Gasteiger partial charge >= 0.3 is 19.8 Å². The van der Waals surface area contributed by atoms with Gasteiger partial charge in [0.05, 0.1) is 32.0 Å². The molecule has 0 aromatic rings. The zero-order valence-electron chi connectivity index (χ0n) is 39.4. The topological polar surface area (TPSA) is 161 Å². The molecule has 1 fully saturated rings. The predicted octanol–water partition coefficient (Wildman–Crippen LogP) is 12.7. The minimum Gasteiger partial charge on any atom is -0.462 e. The number of esters is 2. The number of aliphatic hydroxyl groups is 2. The Hall–Kier alpha value is -1.85. The summed E-state index contributed by atoms with van der Waals surface area (Å²) in [5.74, 6) is -0.152. The second-order valence-electron chi connectivity index (χ2n) is 17.7. The average Bonchev–Trinajstić information content (AvgIpc) is 4.01. The molecule has 5 atom stereocenters. The van der Waals surface area contributed by atoms with E-state index >= 15 is 0 Å². The van der Waals surface area contributed by atoms with Crippen LogP contribution in [0.3, 0.4) is 0 Å². The second kappa shape index (κ2) is 40.6. The van der Waals surface area contributed by atoms with Crippen LogP contribution >= 0.6 is 7.82 Å². The number of epoxide rings is 1. The van der Waals surface area contributed by atoms with E-state index in [1.54, 1.807) is 0 Å². The van der Waals surface area contributed by atoms with E-state index in [0.717, 1.165) is 50.9 Å². The van der Waals surface area contributed by atoms with Gasteiger partial charge in [0.2, 0.25) is 0 Å². The first-order chi connectivity index (χ1) is 30.1. The summed E-state index contributed by atoms with van der Waals surface area (Å²) >= 11 is 0. The Bertz CT molecular complexity index is 1210. The number of rotatable bonds is 45. The Morgan fingerprint density at radius 2 is 1.10 bits per heavy atom. The third kappa shape index (κ3) is 38.6. The van der Waals surface area contributed by atoms with E-state index in [1.807, 2.05) is 6.08 Å². The summed E-state index contributed by atoms with van der Waals surface area (Å²) in [6.45, 7) is 4.66. The van der Waals surface area contributed by atoms with Crippen molar-refractivity contribution in [3.8, 4) is 0 Å². The number of carbonyl (C=O) groups is 2. The van der Waals surface area contributed by atoms with E-state index in [0.29, 0.717) is 19.3 Å². The molecular weight excluding hydrogens is 808 g/mol. The lowest BCUT2D eigenvalue weighted by atomic mass is 10.0. The van der Waals surface area contributed by atoms with E-state index in [4.69, 9.17) is 28.4 Å². The first kappa shape index (κ1) is 58.2. The predicted molar refractivity (Wildman–Crippen MR) is 251 cm³/mol. The van der Waals surface area contributed by atoms with Gasteiger partial charge in [-0.25, -0.2) is 4.57 Å². The van der Waals surface area contributed by atoms with Gasteiger partial charge in [-0.05, 0) is 57.3 Å². The minimum absolute atomic E-state index is 0.159. The van der Waals surface area contributed by atoms with Crippen molar-refractivity contribution in [1.82, 2.24) is 0 Å². The van der Waals surface area contributed by atoms with Crippen LogP contribution < -0.4 is 0 Å². The van der Waals surface area contributed by atoms with Crippen molar-refractivity contribution in [2.24, 2.45) is 5.92 Å². The first-order valence-corrected chi connectivity index (χ1v) is 26.4. The largest absolute Gasteiger partial charge is 0.472 e. The standard InChI is InChI=1S/C50H91O11P/c1-4-5-6-7-8-19-23-26-31-36-47-48(61-47)37-32-28-29-33-38-49(53)57-42-46(43-59-62(55,56)58-41-45(52)40-51)60-50(54)39-34-27-24-21-18-16-14-12-10-9-11-13-15-17-20-22-25-30-35-44(2)3/h8,19,26,28,31-32,44-48,51-52H,4-7,9-18,20-25,27,29-30,33-43H2,1-3H3,(H,55,56)/b19-8-,31-26-,32-28-/t45-,46+,47?,48?/m0/s1. The van der Waals surface area contributed by atoms with Gasteiger partial charge < -0.3 is 29.3 Å². The molecule has 0 radical (unpaired) electrons. The maximum Gasteiger partial charge on any atom is 0.472 e. The maximum atomic E-state index is 12.7. The molecule has 3 unspecified atom stereocenters. The van der Waals surface area contributed by atoms with Crippen LogP contribution in [0.4, 0.5) is 0 Å². The summed E-state index contributed by atoms with van der Waals surface area (Å²) < 4.78 is 38.6. The molecule has 3 N–H and O–H groups in total. The highest BCUT2D eigenvalue weighted by atomic mass is 31.2. The molecule has 12 heteroatoms. The van der Waals surface area contributed by atoms with Gasteiger partial charge in [0.1, 0.15) is 12.7 Å². The highest BCUT2D eigenvalue weighted by Gasteiger charge is 2.36. The molecular formula is C50H91O11P. The fraction of sp³-hybridized carbons (Fsp3) is 0.840. The second-order valence-corrected chi connectivity index (χ2v) is 19.2. The number of hydrogen-bond acceptors (Lipinski definition) is 10. The van der Waals surface area contributed by atoms with E-state index in [-0.39, 0.29) is 31.7 Å². The van der Waals surface area contributed by atoms with Gasteiger partial charge in [-0.15, -0.1) is 0 Å². The molecule has 0 saturated carbocycles. The molecule has 0 aromatic heterocycles. The molecule has 1 aliphatic heterocycles. The molecule has 1 saturated heterocycles. The van der Waals surface area contributed by atoms with Gasteiger partial charge in [0.25, 0.3) is 0 Å². The summed E-state index contributed by atoms with van der Waals surface area (Å²) in [7, 11) is -4.64. The molecule has 0 amide bonds. The van der Waals surface area contributed by atoms with E-state index < -0.39 is 51.8 Å². The van der Waals surface area contributed by atoms with Crippen LogP contribution in [0.15, 0.2) is 36.5 Å². The summed E-state index contributed by atoms with van der Waals surface area (Å²) in [5.41, 5.74) is 0. The Kier molecular flexibility index (Phi) is 38.1. The van der Waals surface area contributed by atoms with Crippen LogP contribution in [-0.4, -0.2) is 77.9 Å². The number of phosphoric acid groups is 1. The van der Waals surface area contributed by atoms with Gasteiger partial charge in [-0.3, -0.25) is 18.6 Å². The molecule has 0 aromatic carbocycles. The Morgan fingerprint density at radius 1 is 0.613 bits per heavy atom. The first-order valence-electron chi connectivity index (χ1n) is 24.9. The average molecular weight is 899 g/mol. The molecule has 0 aliphatic carbocycles. The van der Waals surface area contributed by atoms with Crippen LogP contribution in [0.25, 0.3) is 0 Å². The molecule has 1 aliphatic rings. The van der Waals surface area contributed by atoms with Crippen LogP contribution in [-0.2, 0) is 37.4 Å². The molecule has 362 valence electrons. The van der Waals surface area contributed by atoms with Crippen LogP contribution in [0.2, 0.25) is 0 Å². The zero-order valence-corrected chi connectivity index (χ0v) is 40.3. The zero-order chi connectivity index (χ0) is 45.4. The lowest BCUT2D eigenvalue weighted by Crippen LogP contribution is -2.29. The number of hydrogen-bond donors (Lipinski definition) is 3. The number of phosphoric ester groups is 1. The third-order valence-electron chi connectivity index (χ3n) is 11.1. The van der Waals surface area contributed by atoms with Gasteiger partial charge in [-0.1, -0.05) is 186 Å². The van der Waals surface area contributed by atoms with Crippen LogP contribution in [0, 0.1) is 5.92 Å². The molecule has 62 heavy (non-hydrogen) atoms. The van der Waals surface area contributed by atoms with Crippen molar-refractivity contribution < 1.29 is 52.5 Å². The van der Waals surface area contributed by atoms with E-state index in [2.05, 4.69) is 51.2 Å². The molecule has 0 bridgehead atoms. The SMILES string of the molecule is CCCCC/C=C\C/C=C\CC1OC1C/C=C\CCCC(=O)OC[C@H](COP(=O)(O)OC[C@@H](O)CO)OC(=O)CCCCCCCCCCCCCCCCCCCCC(C)C.